The molecule has 0 saturated heterocycles. The van der Waals surface area contributed by atoms with Crippen molar-refractivity contribution in [2.75, 3.05) is 5.73 Å². The van der Waals surface area contributed by atoms with E-state index in [1.165, 1.54) is 6.26 Å². The Bertz CT molecular complexity index is 641. The van der Waals surface area contributed by atoms with E-state index < -0.39 is 0 Å². The van der Waals surface area contributed by atoms with Crippen molar-refractivity contribution < 1.29 is 8.94 Å². The molecular weight excluding hydrogens is 206 g/mol. The predicted octanol–water partition coefficient (Wildman–Crippen LogP) is 2.37. The Balaban J connectivity index is 2.30. The van der Waals surface area contributed by atoms with Gasteiger partial charge in [0.25, 0.3) is 0 Å². The summed E-state index contributed by atoms with van der Waals surface area (Å²) < 4.78 is 10.2. The summed E-state index contributed by atoms with van der Waals surface area (Å²) in [5.74, 6) is 0.901. The maximum atomic E-state index is 5.65. The van der Waals surface area contributed by atoms with Gasteiger partial charge in [0.2, 0.25) is 11.8 Å². The van der Waals surface area contributed by atoms with Gasteiger partial charge in [0, 0.05) is 5.56 Å². The van der Waals surface area contributed by atoms with E-state index in [0.717, 1.165) is 16.5 Å². The molecule has 0 fully saturated rings. The molecule has 0 spiro atoms. The van der Waals surface area contributed by atoms with Crippen molar-refractivity contribution in [3.8, 4) is 11.5 Å². The minimum absolute atomic E-state index is 0.331. The van der Waals surface area contributed by atoms with Crippen LogP contribution in [0.3, 0.4) is 0 Å². The number of nitrogens with two attached hydrogens (primary N) is 1. The summed E-state index contributed by atoms with van der Waals surface area (Å²) in [6, 6.07) is 3.77. The van der Waals surface area contributed by atoms with Gasteiger partial charge in [-0.25, -0.2) is 4.98 Å². The minimum atomic E-state index is 0.331. The Morgan fingerprint density at radius 2 is 2.19 bits per heavy atom. The summed E-state index contributed by atoms with van der Waals surface area (Å²) in [7, 11) is 0. The molecule has 0 amide bonds. The molecule has 0 unspecified atom stereocenters. The Morgan fingerprint density at radius 1 is 1.31 bits per heavy atom. The first kappa shape index (κ1) is 8.96. The molecule has 0 atom stereocenters. The van der Waals surface area contributed by atoms with Gasteiger partial charge in [-0.15, -0.1) is 0 Å². The molecule has 0 aliphatic heterocycles. The zero-order valence-corrected chi connectivity index (χ0v) is 8.60. The molecule has 2 N–H and O–H groups in total. The molecule has 5 heteroatoms. The van der Waals surface area contributed by atoms with Crippen molar-refractivity contribution >= 4 is 16.8 Å². The quantitative estimate of drug-likeness (QED) is 0.674. The highest BCUT2D eigenvalue weighted by Crippen LogP contribution is 2.29. The number of fused-ring (bicyclic) bond motifs is 1. The van der Waals surface area contributed by atoms with Crippen LogP contribution in [0.15, 0.2) is 33.5 Å². The molecule has 3 aromatic rings. The van der Waals surface area contributed by atoms with Crippen LogP contribution in [0, 0.1) is 6.92 Å². The van der Waals surface area contributed by atoms with E-state index in [4.69, 9.17) is 14.7 Å². The van der Waals surface area contributed by atoms with Crippen molar-refractivity contribution in [3.05, 3.63) is 30.2 Å². The fourth-order valence-corrected chi connectivity index (χ4v) is 1.70. The van der Waals surface area contributed by atoms with Gasteiger partial charge >= 0.3 is 0 Å². The van der Waals surface area contributed by atoms with Crippen LogP contribution in [0.25, 0.3) is 22.4 Å². The average Bonchev–Trinajstić information content (AvgIpc) is 2.89. The second kappa shape index (κ2) is 3.10. The van der Waals surface area contributed by atoms with Gasteiger partial charge in [0.15, 0.2) is 0 Å². The zero-order chi connectivity index (χ0) is 11.1. The van der Waals surface area contributed by atoms with Crippen molar-refractivity contribution in [2.45, 2.75) is 6.92 Å². The van der Waals surface area contributed by atoms with Crippen LogP contribution in [-0.4, -0.2) is 10.1 Å². The minimum Gasteiger partial charge on any atom is -0.445 e. The Labute approximate surface area is 90.9 Å². The molecule has 0 aliphatic rings. The predicted molar refractivity (Wildman–Crippen MR) is 58.7 cm³/mol. The molecule has 16 heavy (non-hydrogen) atoms. The highest BCUT2D eigenvalue weighted by Gasteiger charge is 2.12. The van der Waals surface area contributed by atoms with Crippen LogP contribution >= 0.6 is 0 Å². The first-order valence-electron chi connectivity index (χ1n) is 4.81. The number of rotatable bonds is 1. The van der Waals surface area contributed by atoms with Crippen LogP contribution in [0.4, 0.5) is 5.88 Å². The third kappa shape index (κ3) is 1.18. The summed E-state index contributed by atoms with van der Waals surface area (Å²) in [6.07, 6.45) is 3.15. The van der Waals surface area contributed by atoms with Gasteiger partial charge in [-0.3, -0.25) is 0 Å². The normalized spacial score (nSPS) is 11.1. The second-order valence-electron chi connectivity index (χ2n) is 3.57. The van der Waals surface area contributed by atoms with Crippen molar-refractivity contribution in [1.29, 1.82) is 0 Å². The van der Waals surface area contributed by atoms with Crippen LogP contribution in [0.1, 0.15) is 5.56 Å². The Hall–Kier alpha value is -2.30. The van der Waals surface area contributed by atoms with Gasteiger partial charge in [-0.05, 0) is 24.6 Å². The van der Waals surface area contributed by atoms with Gasteiger partial charge in [0.1, 0.15) is 11.8 Å². The van der Waals surface area contributed by atoms with Gasteiger partial charge < -0.3 is 14.7 Å². The number of benzene rings is 1. The van der Waals surface area contributed by atoms with E-state index in [-0.39, 0.29) is 0 Å². The number of anilines is 1. The van der Waals surface area contributed by atoms with Crippen molar-refractivity contribution in [3.63, 3.8) is 0 Å². The average molecular weight is 215 g/mol. The van der Waals surface area contributed by atoms with Crippen molar-refractivity contribution in [1.82, 2.24) is 10.1 Å². The Kier molecular flexibility index (Phi) is 1.73. The van der Waals surface area contributed by atoms with Crippen LogP contribution < -0.4 is 5.73 Å². The fraction of sp³-hybridized carbons (Fsp3) is 0.0909. The van der Waals surface area contributed by atoms with Gasteiger partial charge in [0.05, 0.1) is 11.6 Å². The Morgan fingerprint density at radius 3 is 2.94 bits per heavy atom. The van der Waals surface area contributed by atoms with E-state index in [1.54, 1.807) is 6.20 Å². The van der Waals surface area contributed by atoms with E-state index >= 15 is 0 Å². The third-order valence-corrected chi connectivity index (χ3v) is 2.51. The molecule has 0 radical (unpaired) electrons. The van der Waals surface area contributed by atoms with Crippen molar-refractivity contribution in [2.24, 2.45) is 0 Å². The summed E-state index contributed by atoms with van der Waals surface area (Å²) in [5.41, 5.74) is 8.26. The van der Waals surface area contributed by atoms with Crippen LogP contribution in [-0.2, 0) is 0 Å². The molecule has 5 nitrogen and oxygen atoms in total. The van der Waals surface area contributed by atoms with E-state index in [0.29, 0.717) is 17.3 Å². The lowest BCUT2D eigenvalue weighted by Crippen LogP contribution is -1.85. The first-order valence-corrected chi connectivity index (χ1v) is 4.81. The third-order valence-electron chi connectivity index (χ3n) is 2.51. The fourth-order valence-electron chi connectivity index (χ4n) is 1.70. The summed E-state index contributed by atoms with van der Waals surface area (Å²) in [4.78, 5) is 4.10. The number of hydrogen-bond donors (Lipinski definition) is 1. The van der Waals surface area contributed by atoms with E-state index in [1.807, 2.05) is 19.1 Å². The largest absolute Gasteiger partial charge is 0.445 e. The SMILES string of the molecule is Cc1cc2c(N)onc2cc1-c1ncco1. The molecule has 3 rings (SSSR count). The molecule has 0 bridgehead atoms. The maximum Gasteiger partial charge on any atom is 0.230 e. The standard InChI is InChI=1S/C11H9N3O2/c1-6-4-8-9(14-16-10(8)12)5-7(6)11-13-2-3-15-11/h2-5H,12H2,1H3. The summed E-state index contributed by atoms with van der Waals surface area (Å²) in [5, 5.41) is 4.67. The lowest BCUT2D eigenvalue weighted by atomic mass is 10.1. The zero-order valence-electron chi connectivity index (χ0n) is 8.60. The van der Waals surface area contributed by atoms with E-state index in [2.05, 4.69) is 10.1 Å². The van der Waals surface area contributed by atoms with Crippen LogP contribution in [0.2, 0.25) is 0 Å². The summed E-state index contributed by atoms with van der Waals surface area (Å²) in [6.45, 7) is 1.96. The molecule has 1 aromatic carbocycles. The second-order valence-corrected chi connectivity index (χ2v) is 3.57. The molecule has 0 aliphatic carbocycles. The van der Waals surface area contributed by atoms with E-state index in [9.17, 15) is 0 Å². The summed E-state index contributed by atoms with van der Waals surface area (Å²) >= 11 is 0. The molecule has 2 heterocycles. The number of oxazole rings is 1. The highest BCUT2D eigenvalue weighted by molar-refractivity contribution is 5.91. The number of aromatic nitrogens is 2. The number of hydrogen-bond acceptors (Lipinski definition) is 5. The van der Waals surface area contributed by atoms with Crippen LogP contribution in [0.5, 0.6) is 0 Å². The number of nitrogens with zero attached hydrogens (tertiary/aromatic N) is 2. The number of aryl methyl sites for hydroxylation is 1. The smallest absolute Gasteiger partial charge is 0.230 e. The number of nitrogen functional groups attached to an aromatic ring is 1. The molecule has 0 saturated carbocycles. The first-order chi connectivity index (χ1) is 7.75. The topological polar surface area (TPSA) is 78.1 Å². The molecular formula is C11H9N3O2. The van der Waals surface area contributed by atoms with Gasteiger partial charge in [-0.2, -0.15) is 0 Å². The van der Waals surface area contributed by atoms with Gasteiger partial charge in [-0.1, -0.05) is 5.16 Å². The monoisotopic (exact) mass is 215 g/mol. The maximum absolute atomic E-state index is 5.65. The highest BCUT2D eigenvalue weighted by atomic mass is 16.5. The molecule has 2 aromatic heterocycles. The lowest BCUT2D eigenvalue weighted by Gasteiger charge is -2.00. The lowest BCUT2D eigenvalue weighted by molar-refractivity contribution is 0.445. The molecule has 80 valence electrons.